The van der Waals surface area contributed by atoms with Crippen LogP contribution >= 0.6 is 0 Å². The Hall–Kier alpha value is -3.24. The number of Topliss-reactive ketones (excluding diaryl/α,β-unsaturated/α-hetero) is 1. The van der Waals surface area contributed by atoms with Crippen LogP contribution in [-0.4, -0.2) is 124 Å². The van der Waals surface area contributed by atoms with Crippen LogP contribution < -0.4 is 5.32 Å². The molecule has 0 aliphatic heterocycles. The van der Waals surface area contributed by atoms with Crippen LogP contribution in [0, 0.1) is 21.7 Å². The first kappa shape index (κ1) is 83.0. The van der Waals surface area contributed by atoms with E-state index in [1.807, 2.05) is 24.3 Å². The van der Waals surface area contributed by atoms with Crippen molar-refractivity contribution >= 4 is 33.4 Å². The molecule has 0 heterocycles. The molecule has 0 bridgehead atoms. The van der Waals surface area contributed by atoms with Crippen LogP contribution in [-0.2, 0) is 16.1 Å². The number of unbranched alkanes of at least 4 members (excludes halogenated alkanes) is 18. The predicted molar refractivity (Wildman–Crippen MR) is 380 cm³/mol. The van der Waals surface area contributed by atoms with Gasteiger partial charge in [-0.05, 0) is 216 Å². The minimum Gasteiger partial charge on any atom is -0.445 e. The molecule has 530 valence electrons. The summed E-state index contributed by atoms with van der Waals surface area (Å²) in [6.07, 6.45) is 46.8. The second kappa shape index (κ2) is 52.9. The minimum atomic E-state index is -0.404. The number of aliphatic hydroxyl groups excluding tert-OH is 9. The number of hydrogen-bond donors (Lipinski definition) is 10. The molecule has 3 aromatic carbocycles. The Morgan fingerprint density at radius 1 is 0.304 bits per heavy atom. The van der Waals surface area contributed by atoms with Crippen molar-refractivity contribution in [2.45, 2.75) is 315 Å². The highest BCUT2D eigenvalue weighted by Crippen LogP contribution is 2.45. The Bertz CT molecular complexity index is 2150. The molecule has 10 N–H and O–H groups in total. The number of benzene rings is 3. The van der Waals surface area contributed by atoms with Gasteiger partial charge in [0.05, 0.1) is 0 Å². The van der Waals surface area contributed by atoms with E-state index in [-0.39, 0.29) is 87.7 Å². The molecule has 1 atom stereocenters. The van der Waals surface area contributed by atoms with Gasteiger partial charge in [0, 0.05) is 84.4 Å². The molecule has 13 nitrogen and oxygen atoms in total. The largest absolute Gasteiger partial charge is 0.445 e. The van der Waals surface area contributed by atoms with Crippen molar-refractivity contribution in [3.8, 4) is 0 Å². The molecule has 1 unspecified atom stereocenters. The van der Waals surface area contributed by atoms with E-state index in [0.29, 0.717) is 25.2 Å². The van der Waals surface area contributed by atoms with E-state index < -0.39 is 6.09 Å². The van der Waals surface area contributed by atoms with E-state index in [1.165, 1.54) is 38.5 Å². The Morgan fingerprint density at radius 2 is 0.587 bits per heavy atom. The van der Waals surface area contributed by atoms with Gasteiger partial charge in [0.2, 0.25) is 0 Å². The summed E-state index contributed by atoms with van der Waals surface area (Å²) in [7, 11) is 0. The maximum atomic E-state index is 14.0. The van der Waals surface area contributed by atoms with Crippen LogP contribution in [0.25, 0.3) is 21.5 Å². The van der Waals surface area contributed by atoms with E-state index in [9.17, 15) is 55.5 Å². The van der Waals surface area contributed by atoms with Crippen LogP contribution in [0.2, 0.25) is 0 Å². The highest BCUT2D eigenvalue weighted by Gasteiger charge is 2.32. The third-order valence-corrected chi connectivity index (χ3v) is 21.4. The number of hydrogen-bond acceptors (Lipinski definition) is 12. The van der Waals surface area contributed by atoms with Gasteiger partial charge in [-0.2, -0.15) is 0 Å². The van der Waals surface area contributed by atoms with E-state index in [4.69, 9.17) is 4.74 Å². The number of alkyl carbamates (subject to hydrolysis) is 1. The van der Waals surface area contributed by atoms with Gasteiger partial charge in [-0.25, -0.2) is 4.79 Å². The second-order valence-electron chi connectivity index (χ2n) is 28.5. The average Bonchev–Trinajstić information content (AvgIpc) is 0.829. The zero-order chi connectivity index (χ0) is 66.5. The predicted octanol–water partition coefficient (Wildman–Crippen LogP) is 17.4. The van der Waals surface area contributed by atoms with Gasteiger partial charge in [0.25, 0.3) is 0 Å². The van der Waals surface area contributed by atoms with Crippen LogP contribution in [0.1, 0.15) is 314 Å². The summed E-state index contributed by atoms with van der Waals surface area (Å²) >= 11 is 0. The minimum absolute atomic E-state index is 0.0237. The summed E-state index contributed by atoms with van der Waals surface area (Å²) in [5, 5.41) is 95.3. The quantitative estimate of drug-likeness (QED) is 0.0188. The fourth-order valence-corrected chi connectivity index (χ4v) is 16.0. The second-order valence-corrected chi connectivity index (χ2v) is 28.5. The number of ketones is 1. The van der Waals surface area contributed by atoms with E-state index in [1.54, 1.807) is 0 Å². The van der Waals surface area contributed by atoms with Crippen LogP contribution in [0.3, 0.4) is 0 Å². The van der Waals surface area contributed by atoms with Crippen molar-refractivity contribution in [1.82, 2.24) is 5.32 Å². The molecule has 0 spiro atoms. The standard InChI is InChI=1S/C79H137NO12/c81-58-27-47-76(48-28-59-82,49-29-60-83)41-20-8-1-2-9-22-43-78(44-23-10-3-4-11-25-46-79(56-66-89,53-33-64-87)54-34-65-88,45-24-13-6-12-21-42-77(50-30-61-84,51-31-62-85)52-32-63-86)55-40-71(90)37-15-7-5-14-26-57-80-75(91)92-68-74-72-38-18-16-35-69(72)67-70-36-17-19-39-73(70)74/h16-19,35-36,38-39,67,81-89H,1-15,20-34,37,40-66,68H2,(H,80,91). The zero-order valence-electron chi connectivity index (χ0n) is 58.2. The fourth-order valence-electron chi connectivity index (χ4n) is 16.0. The Balaban J connectivity index is 1.66. The normalized spacial score (nSPS) is 13.0. The van der Waals surface area contributed by atoms with Crippen molar-refractivity contribution in [1.29, 1.82) is 0 Å². The lowest BCUT2D eigenvalue weighted by atomic mass is 9.70. The van der Waals surface area contributed by atoms with Crippen molar-refractivity contribution in [2.24, 2.45) is 21.7 Å². The Morgan fingerprint density at radius 3 is 0.924 bits per heavy atom. The monoisotopic (exact) mass is 1290 g/mol. The van der Waals surface area contributed by atoms with Gasteiger partial charge in [0.15, 0.2) is 0 Å². The van der Waals surface area contributed by atoms with Gasteiger partial charge in [0.1, 0.15) is 12.4 Å². The lowest BCUT2D eigenvalue weighted by Crippen LogP contribution is -2.25. The number of nitrogens with one attached hydrogen (secondary N) is 1. The number of fused-ring (bicyclic) bond motifs is 2. The van der Waals surface area contributed by atoms with Crippen LogP contribution in [0.5, 0.6) is 0 Å². The molecule has 0 aromatic heterocycles. The fraction of sp³-hybridized carbons (Fsp3) is 0.797. The summed E-state index contributed by atoms with van der Waals surface area (Å²) in [6, 6.07) is 18.6. The Kier molecular flexibility index (Phi) is 47.7. The van der Waals surface area contributed by atoms with Crippen molar-refractivity contribution in [3.63, 3.8) is 0 Å². The third kappa shape index (κ3) is 35.1. The summed E-state index contributed by atoms with van der Waals surface area (Å²) in [5.74, 6) is 0.383. The number of carbonyl (C=O) groups excluding carboxylic acids is 2. The Labute approximate surface area is 559 Å². The third-order valence-electron chi connectivity index (χ3n) is 21.4. The molecule has 0 aliphatic carbocycles. The zero-order valence-corrected chi connectivity index (χ0v) is 58.2. The smallest absolute Gasteiger partial charge is 0.407 e. The molecule has 0 saturated heterocycles. The maximum absolute atomic E-state index is 14.0. The number of aliphatic hydroxyl groups is 9. The molecule has 3 rings (SSSR count). The first-order valence-electron chi connectivity index (χ1n) is 37.8. The van der Waals surface area contributed by atoms with Gasteiger partial charge >= 0.3 is 6.09 Å². The molecule has 3 aromatic rings. The van der Waals surface area contributed by atoms with Crippen LogP contribution in [0.4, 0.5) is 4.79 Å². The molecular weight excluding hydrogens is 1150 g/mol. The lowest BCUT2D eigenvalue weighted by molar-refractivity contribution is -0.120. The molecule has 0 saturated carbocycles. The van der Waals surface area contributed by atoms with Gasteiger partial charge in [-0.15, -0.1) is 0 Å². The van der Waals surface area contributed by atoms with E-state index >= 15 is 0 Å². The van der Waals surface area contributed by atoms with Gasteiger partial charge in [-0.1, -0.05) is 177 Å². The van der Waals surface area contributed by atoms with Gasteiger partial charge < -0.3 is 56.0 Å². The number of amides is 1. The van der Waals surface area contributed by atoms with Crippen molar-refractivity contribution in [3.05, 3.63) is 60.2 Å². The number of rotatable bonds is 65. The highest BCUT2D eigenvalue weighted by molar-refractivity contribution is 6.02. The SMILES string of the molecule is O=C(CCCCCCCNC(=O)OCc1c2ccccc2cc2ccccc12)CCC(CCCCCCCCC(CCO)(CCCO)CCCO)(CCCCCCCCC(CCCO)(CCCO)CCCO)CCCCCCCC(CCCO)(CCCO)CCCO. The molecule has 1 amide bonds. The van der Waals surface area contributed by atoms with Crippen molar-refractivity contribution in [2.75, 3.05) is 66.0 Å². The first-order valence-corrected chi connectivity index (χ1v) is 37.8. The maximum Gasteiger partial charge on any atom is 0.407 e. The first-order chi connectivity index (χ1) is 45.0. The molecule has 0 aliphatic rings. The molecule has 0 fully saturated rings. The van der Waals surface area contributed by atoms with E-state index in [0.717, 1.165) is 284 Å². The number of carbonyl (C=O) groups is 2. The highest BCUT2D eigenvalue weighted by atomic mass is 16.5. The average molecular weight is 1290 g/mol. The summed E-state index contributed by atoms with van der Waals surface area (Å²) in [5.41, 5.74) is 1.22. The summed E-state index contributed by atoms with van der Waals surface area (Å²) in [4.78, 5) is 26.9. The summed E-state index contributed by atoms with van der Waals surface area (Å²) < 4.78 is 5.77. The molecule has 13 heteroatoms. The molecule has 92 heavy (non-hydrogen) atoms. The molecular formula is C79H137NO12. The molecule has 0 radical (unpaired) electrons. The number of ether oxygens (including phenoxy) is 1. The van der Waals surface area contributed by atoms with Gasteiger partial charge in [-0.3, -0.25) is 4.79 Å². The van der Waals surface area contributed by atoms with Crippen molar-refractivity contribution < 1.29 is 60.3 Å². The topological polar surface area (TPSA) is 237 Å². The van der Waals surface area contributed by atoms with Crippen LogP contribution in [0.15, 0.2) is 54.6 Å². The van der Waals surface area contributed by atoms with E-state index in [2.05, 4.69) is 35.6 Å². The lowest BCUT2D eigenvalue weighted by Gasteiger charge is -2.35. The summed E-state index contributed by atoms with van der Waals surface area (Å²) in [6.45, 7) is 2.20.